The Kier molecular flexibility index (Phi) is 3.70. The van der Waals surface area contributed by atoms with Gasteiger partial charge < -0.3 is 10.6 Å². The van der Waals surface area contributed by atoms with Crippen molar-refractivity contribution in [3.05, 3.63) is 42.2 Å². The summed E-state index contributed by atoms with van der Waals surface area (Å²) in [6.07, 6.45) is 9.13. The second kappa shape index (κ2) is 5.23. The van der Waals surface area contributed by atoms with E-state index in [1.54, 1.807) is 0 Å². The summed E-state index contributed by atoms with van der Waals surface area (Å²) in [6, 6.07) is 4.39. The molecule has 0 saturated heterocycles. The molecular formula is C13H19N3. The van der Waals surface area contributed by atoms with Crippen molar-refractivity contribution in [3.8, 4) is 0 Å². The second-order valence-electron chi connectivity index (χ2n) is 4.60. The van der Waals surface area contributed by atoms with Gasteiger partial charge in [-0.3, -0.25) is 4.98 Å². The average Bonchev–Trinajstić information content (AvgIpc) is 2.65. The van der Waals surface area contributed by atoms with Gasteiger partial charge in [-0.2, -0.15) is 0 Å². The molecule has 0 aliphatic heterocycles. The molecule has 0 saturated carbocycles. The van der Waals surface area contributed by atoms with Gasteiger partial charge in [0.25, 0.3) is 0 Å². The smallest absolute Gasteiger partial charge is 0.0271 e. The van der Waals surface area contributed by atoms with Crippen molar-refractivity contribution in [2.75, 3.05) is 13.6 Å². The van der Waals surface area contributed by atoms with E-state index in [1.807, 2.05) is 12.4 Å². The number of aromatic nitrogens is 1. The molecule has 2 N–H and O–H groups in total. The Labute approximate surface area is 97.0 Å². The SMILES string of the molecule is CN(Cc1ccncc1)CC1C=CC(N)C1. The Hall–Kier alpha value is -1.19. The van der Waals surface area contributed by atoms with Crippen LogP contribution in [0.3, 0.4) is 0 Å². The molecule has 3 heteroatoms. The highest BCUT2D eigenvalue weighted by molar-refractivity contribution is 5.10. The molecular weight excluding hydrogens is 198 g/mol. The first-order chi connectivity index (χ1) is 7.74. The highest BCUT2D eigenvalue weighted by Gasteiger charge is 2.16. The van der Waals surface area contributed by atoms with E-state index in [1.165, 1.54) is 5.56 Å². The molecule has 1 aromatic heterocycles. The predicted octanol–water partition coefficient (Wildman–Crippen LogP) is 1.42. The van der Waals surface area contributed by atoms with Crippen molar-refractivity contribution in [2.24, 2.45) is 11.7 Å². The van der Waals surface area contributed by atoms with E-state index in [2.05, 4.69) is 41.2 Å². The van der Waals surface area contributed by atoms with Gasteiger partial charge in [0, 0.05) is 31.5 Å². The van der Waals surface area contributed by atoms with Gasteiger partial charge >= 0.3 is 0 Å². The fourth-order valence-electron chi connectivity index (χ4n) is 2.21. The number of rotatable bonds is 4. The molecule has 2 unspecified atom stereocenters. The molecule has 3 nitrogen and oxygen atoms in total. The number of hydrogen-bond donors (Lipinski definition) is 1. The zero-order valence-corrected chi connectivity index (χ0v) is 9.71. The van der Waals surface area contributed by atoms with Crippen molar-refractivity contribution >= 4 is 0 Å². The maximum absolute atomic E-state index is 5.84. The van der Waals surface area contributed by atoms with Gasteiger partial charge in [0.05, 0.1) is 0 Å². The Bertz CT molecular complexity index is 347. The molecule has 2 rings (SSSR count). The van der Waals surface area contributed by atoms with Gasteiger partial charge in [-0.05, 0) is 37.1 Å². The molecule has 16 heavy (non-hydrogen) atoms. The van der Waals surface area contributed by atoms with Crippen LogP contribution in [-0.4, -0.2) is 29.5 Å². The summed E-state index contributed by atoms with van der Waals surface area (Å²) in [5, 5.41) is 0. The van der Waals surface area contributed by atoms with Crippen LogP contribution in [0.25, 0.3) is 0 Å². The van der Waals surface area contributed by atoms with Crippen LogP contribution in [0.4, 0.5) is 0 Å². The van der Waals surface area contributed by atoms with Crippen LogP contribution in [0.1, 0.15) is 12.0 Å². The largest absolute Gasteiger partial charge is 0.324 e. The molecule has 0 spiro atoms. The zero-order valence-electron chi connectivity index (χ0n) is 9.71. The third-order valence-electron chi connectivity index (χ3n) is 2.95. The Morgan fingerprint density at radius 3 is 2.75 bits per heavy atom. The monoisotopic (exact) mass is 217 g/mol. The van der Waals surface area contributed by atoms with E-state index < -0.39 is 0 Å². The van der Waals surface area contributed by atoms with Crippen molar-refractivity contribution in [1.82, 2.24) is 9.88 Å². The molecule has 0 fully saturated rings. The third kappa shape index (κ3) is 3.15. The highest BCUT2D eigenvalue weighted by Crippen LogP contribution is 2.17. The lowest BCUT2D eigenvalue weighted by Gasteiger charge is -2.20. The highest BCUT2D eigenvalue weighted by atomic mass is 15.1. The van der Waals surface area contributed by atoms with Gasteiger partial charge in [-0.25, -0.2) is 0 Å². The van der Waals surface area contributed by atoms with Crippen molar-refractivity contribution in [3.63, 3.8) is 0 Å². The molecule has 86 valence electrons. The van der Waals surface area contributed by atoms with Gasteiger partial charge in [0.2, 0.25) is 0 Å². The van der Waals surface area contributed by atoms with Crippen LogP contribution >= 0.6 is 0 Å². The summed E-state index contributed by atoms with van der Waals surface area (Å²) >= 11 is 0. The van der Waals surface area contributed by atoms with E-state index in [0.717, 1.165) is 19.5 Å². The lowest BCUT2D eigenvalue weighted by molar-refractivity contribution is 0.288. The molecule has 0 aromatic carbocycles. The lowest BCUT2D eigenvalue weighted by atomic mass is 10.1. The lowest BCUT2D eigenvalue weighted by Crippen LogP contribution is -2.25. The van der Waals surface area contributed by atoms with E-state index in [9.17, 15) is 0 Å². The van der Waals surface area contributed by atoms with E-state index in [4.69, 9.17) is 5.73 Å². The zero-order chi connectivity index (χ0) is 11.4. The van der Waals surface area contributed by atoms with Crippen LogP contribution < -0.4 is 5.73 Å². The molecule has 0 amide bonds. The summed E-state index contributed by atoms with van der Waals surface area (Å²) in [4.78, 5) is 6.36. The minimum Gasteiger partial charge on any atom is -0.324 e. The van der Waals surface area contributed by atoms with E-state index in [0.29, 0.717) is 5.92 Å². The number of pyridine rings is 1. The maximum atomic E-state index is 5.84. The van der Waals surface area contributed by atoms with Gasteiger partial charge in [-0.15, -0.1) is 0 Å². The average molecular weight is 217 g/mol. The van der Waals surface area contributed by atoms with Gasteiger partial charge in [0.15, 0.2) is 0 Å². The second-order valence-corrected chi connectivity index (χ2v) is 4.60. The van der Waals surface area contributed by atoms with Crippen LogP contribution in [0.5, 0.6) is 0 Å². The van der Waals surface area contributed by atoms with Gasteiger partial charge in [0.1, 0.15) is 0 Å². The molecule has 1 aliphatic rings. The third-order valence-corrected chi connectivity index (χ3v) is 2.95. The summed E-state index contributed by atoms with van der Waals surface area (Å²) < 4.78 is 0. The van der Waals surface area contributed by atoms with Crippen molar-refractivity contribution in [1.29, 1.82) is 0 Å². The van der Waals surface area contributed by atoms with Crippen LogP contribution in [0.2, 0.25) is 0 Å². The quantitative estimate of drug-likeness (QED) is 0.776. The molecule has 0 bridgehead atoms. The van der Waals surface area contributed by atoms with Crippen LogP contribution in [-0.2, 0) is 6.54 Å². The van der Waals surface area contributed by atoms with Crippen molar-refractivity contribution in [2.45, 2.75) is 19.0 Å². The summed E-state index contributed by atoms with van der Waals surface area (Å²) in [7, 11) is 2.15. The number of nitrogens with two attached hydrogens (primary N) is 1. The summed E-state index contributed by atoms with van der Waals surface area (Å²) in [5.74, 6) is 0.613. The first kappa shape index (κ1) is 11.3. The fraction of sp³-hybridized carbons (Fsp3) is 0.462. The standard InChI is InChI=1S/C13H19N3/c1-16(9-11-4-6-15-7-5-11)10-12-2-3-13(14)8-12/h2-7,12-13H,8-10,14H2,1H3. The molecule has 0 radical (unpaired) electrons. The predicted molar refractivity (Wildman–Crippen MR) is 65.8 cm³/mol. The molecule has 1 aromatic rings. The van der Waals surface area contributed by atoms with Gasteiger partial charge in [-0.1, -0.05) is 12.2 Å². The first-order valence-electron chi connectivity index (χ1n) is 5.75. The Morgan fingerprint density at radius 2 is 2.12 bits per heavy atom. The first-order valence-corrected chi connectivity index (χ1v) is 5.75. The number of nitrogens with zero attached hydrogens (tertiary/aromatic N) is 2. The molecule has 1 aliphatic carbocycles. The Morgan fingerprint density at radius 1 is 1.38 bits per heavy atom. The van der Waals surface area contributed by atoms with E-state index >= 15 is 0 Å². The topological polar surface area (TPSA) is 42.2 Å². The van der Waals surface area contributed by atoms with Crippen LogP contribution in [0.15, 0.2) is 36.7 Å². The maximum Gasteiger partial charge on any atom is 0.0271 e. The fourth-order valence-corrected chi connectivity index (χ4v) is 2.21. The summed E-state index contributed by atoms with van der Waals surface area (Å²) in [5.41, 5.74) is 7.15. The molecule has 1 heterocycles. The van der Waals surface area contributed by atoms with Crippen molar-refractivity contribution < 1.29 is 0 Å². The normalized spacial score (nSPS) is 24.2. The minimum atomic E-state index is 0.263. The Balaban J connectivity index is 1.81. The summed E-state index contributed by atoms with van der Waals surface area (Å²) in [6.45, 7) is 2.05. The molecule has 2 atom stereocenters. The van der Waals surface area contributed by atoms with Crippen LogP contribution in [0, 0.1) is 5.92 Å². The number of hydrogen-bond acceptors (Lipinski definition) is 3. The van der Waals surface area contributed by atoms with E-state index in [-0.39, 0.29) is 6.04 Å². The minimum absolute atomic E-state index is 0.263.